The van der Waals surface area contributed by atoms with E-state index in [0.717, 1.165) is 17.9 Å². The molecule has 0 spiro atoms. The SMILES string of the molecule is COc1cccc(NC(CC2CCCCC2)C(N)=O)c1. The molecule has 1 fully saturated rings. The standard InChI is InChI=1S/C16H24N2O2/c1-20-14-9-5-8-13(11-14)18-15(16(17)19)10-12-6-3-2-4-7-12/h5,8-9,11-12,15,18H,2-4,6-7,10H2,1H3,(H2,17,19). The van der Waals surface area contributed by atoms with Crippen molar-refractivity contribution in [2.24, 2.45) is 11.7 Å². The molecule has 4 nitrogen and oxygen atoms in total. The summed E-state index contributed by atoms with van der Waals surface area (Å²) in [4.78, 5) is 11.7. The Balaban J connectivity index is 1.98. The average Bonchev–Trinajstić information content (AvgIpc) is 2.48. The van der Waals surface area contributed by atoms with Crippen LogP contribution in [0, 0.1) is 5.92 Å². The minimum Gasteiger partial charge on any atom is -0.497 e. The van der Waals surface area contributed by atoms with Gasteiger partial charge in [0.15, 0.2) is 0 Å². The topological polar surface area (TPSA) is 64.3 Å². The van der Waals surface area contributed by atoms with Crippen molar-refractivity contribution in [2.75, 3.05) is 12.4 Å². The van der Waals surface area contributed by atoms with Crippen molar-refractivity contribution in [1.82, 2.24) is 0 Å². The van der Waals surface area contributed by atoms with Gasteiger partial charge in [-0.15, -0.1) is 0 Å². The Morgan fingerprint density at radius 3 is 2.80 bits per heavy atom. The fourth-order valence-corrected chi connectivity index (χ4v) is 2.92. The molecule has 1 aliphatic carbocycles. The molecule has 20 heavy (non-hydrogen) atoms. The second-order valence-electron chi connectivity index (χ2n) is 5.57. The zero-order valence-corrected chi connectivity index (χ0v) is 12.1. The number of hydrogen-bond acceptors (Lipinski definition) is 3. The van der Waals surface area contributed by atoms with E-state index in [4.69, 9.17) is 10.5 Å². The number of benzene rings is 1. The summed E-state index contributed by atoms with van der Waals surface area (Å²) in [6, 6.07) is 7.30. The third-order valence-corrected chi connectivity index (χ3v) is 4.05. The van der Waals surface area contributed by atoms with Gasteiger partial charge in [-0.2, -0.15) is 0 Å². The van der Waals surface area contributed by atoms with E-state index in [1.807, 2.05) is 24.3 Å². The van der Waals surface area contributed by atoms with Gasteiger partial charge in [0.1, 0.15) is 11.8 Å². The van der Waals surface area contributed by atoms with Crippen molar-refractivity contribution in [3.05, 3.63) is 24.3 Å². The minimum atomic E-state index is -0.301. The van der Waals surface area contributed by atoms with Crippen LogP contribution in [0.3, 0.4) is 0 Å². The molecule has 0 aliphatic heterocycles. The van der Waals surface area contributed by atoms with Crippen LogP contribution in [0.15, 0.2) is 24.3 Å². The van der Waals surface area contributed by atoms with Gasteiger partial charge in [0.2, 0.25) is 5.91 Å². The Kier molecular flexibility index (Phi) is 5.27. The van der Waals surface area contributed by atoms with Crippen LogP contribution < -0.4 is 15.8 Å². The molecular weight excluding hydrogens is 252 g/mol. The number of nitrogens with two attached hydrogens (primary N) is 1. The predicted octanol–water partition coefficient (Wildman–Crippen LogP) is 2.93. The molecule has 1 aromatic carbocycles. The third kappa shape index (κ3) is 4.15. The van der Waals surface area contributed by atoms with Crippen molar-refractivity contribution >= 4 is 11.6 Å². The summed E-state index contributed by atoms with van der Waals surface area (Å²) in [5.74, 6) is 1.11. The van der Waals surface area contributed by atoms with Crippen LogP contribution in [0.1, 0.15) is 38.5 Å². The average molecular weight is 276 g/mol. The van der Waals surface area contributed by atoms with Gasteiger partial charge in [0.05, 0.1) is 7.11 Å². The Labute approximate surface area is 120 Å². The zero-order valence-electron chi connectivity index (χ0n) is 12.1. The zero-order chi connectivity index (χ0) is 14.4. The monoisotopic (exact) mass is 276 g/mol. The van der Waals surface area contributed by atoms with Crippen LogP contribution in [-0.2, 0) is 4.79 Å². The summed E-state index contributed by atoms with van der Waals surface area (Å²) in [6.07, 6.45) is 7.12. The van der Waals surface area contributed by atoms with Gasteiger partial charge in [0, 0.05) is 11.8 Å². The molecule has 0 radical (unpaired) electrons. The van der Waals surface area contributed by atoms with Gasteiger partial charge in [-0.05, 0) is 24.5 Å². The molecule has 2 rings (SSSR count). The van der Waals surface area contributed by atoms with E-state index < -0.39 is 0 Å². The maximum Gasteiger partial charge on any atom is 0.239 e. The molecule has 1 atom stereocenters. The summed E-state index contributed by atoms with van der Waals surface area (Å²) in [6.45, 7) is 0. The molecule has 0 bridgehead atoms. The maximum atomic E-state index is 11.7. The molecule has 1 unspecified atom stereocenters. The van der Waals surface area contributed by atoms with Gasteiger partial charge in [0.25, 0.3) is 0 Å². The third-order valence-electron chi connectivity index (χ3n) is 4.05. The number of primary amides is 1. The molecule has 1 aliphatic rings. The lowest BCUT2D eigenvalue weighted by Gasteiger charge is -2.26. The fraction of sp³-hybridized carbons (Fsp3) is 0.562. The second-order valence-corrected chi connectivity index (χ2v) is 5.57. The van der Waals surface area contributed by atoms with E-state index in [2.05, 4.69) is 5.32 Å². The van der Waals surface area contributed by atoms with Gasteiger partial charge < -0.3 is 15.8 Å². The van der Waals surface area contributed by atoms with Crippen molar-refractivity contribution in [3.63, 3.8) is 0 Å². The number of ether oxygens (including phenoxy) is 1. The van der Waals surface area contributed by atoms with Crippen LogP contribution in [0.4, 0.5) is 5.69 Å². The lowest BCUT2D eigenvalue weighted by Crippen LogP contribution is -2.37. The Hall–Kier alpha value is -1.71. The normalized spacial score (nSPS) is 17.4. The van der Waals surface area contributed by atoms with Crippen LogP contribution >= 0.6 is 0 Å². The van der Waals surface area contributed by atoms with Crippen LogP contribution in [0.2, 0.25) is 0 Å². The van der Waals surface area contributed by atoms with Crippen LogP contribution in [0.25, 0.3) is 0 Å². The first kappa shape index (κ1) is 14.7. The maximum absolute atomic E-state index is 11.7. The first-order valence-electron chi connectivity index (χ1n) is 7.39. The van der Waals surface area contributed by atoms with Crippen molar-refractivity contribution in [1.29, 1.82) is 0 Å². The molecule has 3 N–H and O–H groups in total. The molecule has 0 aromatic heterocycles. The number of hydrogen-bond donors (Lipinski definition) is 2. The molecule has 0 heterocycles. The molecule has 4 heteroatoms. The van der Waals surface area contributed by atoms with Crippen molar-refractivity contribution < 1.29 is 9.53 Å². The number of amides is 1. The molecule has 1 amide bonds. The highest BCUT2D eigenvalue weighted by Gasteiger charge is 2.22. The van der Waals surface area contributed by atoms with Crippen LogP contribution in [-0.4, -0.2) is 19.1 Å². The molecular formula is C16H24N2O2. The van der Waals surface area contributed by atoms with E-state index in [0.29, 0.717) is 5.92 Å². The number of anilines is 1. The van der Waals surface area contributed by atoms with Gasteiger partial charge in [-0.1, -0.05) is 38.2 Å². The molecule has 1 saturated carbocycles. The molecule has 0 saturated heterocycles. The summed E-state index contributed by atoms with van der Waals surface area (Å²) in [7, 11) is 1.63. The summed E-state index contributed by atoms with van der Waals surface area (Å²) in [5.41, 5.74) is 6.42. The quantitative estimate of drug-likeness (QED) is 0.839. The first-order chi connectivity index (χ1) is 9.69. The van der Waals surface area contributed by atoms with E-state index >= 15 is 0 Å². The number of nitrogens with one attached hydrogen (secondary N) is 1. The van der Waals surface area contributed by atoms with Gasteiger partial charge in [-0.25, -0.2) is 0 Å². The molecule has 110 valence electrons. The summed E-state index contributed by atoms with van der Waals surface area (Å²) < 4.78 is 5.19. The molecule has 1 aromatic rings. The van der Waals surface area contributed by atoms with Crippen molar-refractivity contribution in [2.45, 2.75) is 44.6 Å². The van der Waals surface area contributed by atoms with E-state index in [1.54, 1.807) is 7.11 Å². The minimum absolute atomic E-state index is 0.279. The second kappa shape index (κ2) is 7.17. The lowest BCUT2D eigenvalue weighted by atomic mass is 9.84. The van der Waals surface area contributed by atoms with Crippen molar-refractivity contribution in [3.8, 4) is 5.75 Å². The highest BCUT2D eigenvalue weighted by Crippen LogP contribution is 2.28. The Bertz CT molecular complexity index is 442. The van der Waals surface area contributed by atoms with Gasteiger partial charge in [-0.3, -0.25) is 4.79 Å². The predicted molar refractivity (Wildman–Crippen MR) is 80.8 cm³/mol. The number of carbonyl (C=O) groups is 1. The van der Waals surface area contributed by atoms with E-state index in [9.17, 15) is 4.79 Å². The number of methoxy groups -OCH3 is 1. The van der Waals surface area contributed by atoms with E-state index in [1.165, 1.54) is 32.1 Å². The highest BCUT2D eigenvalue weighted by atomic mass is 16.5. The van der Waals surface area contributed by atoms with Crippen LogP contribution in [0.5, 0.6) is 5.75 Å². The Morgan fingerprint density at radius 2 is 2.15 bits per heavy atom. The fourth-order valence-electron chi connectivity index (χ4n) is 2.92. The number of carbonyl (C=O) groups excluding carboxylic acids is 1. The first-order valence-corrected chi connectivity index (χ1v) is 7.39. The Morgan fingerprint density at radius 1 is 1.40 bits per heavy atom. The number of rotatable bonds is 6. The largest absolute Gasteiger partial charge is 0.497 e. The summed E-state index contributed by atoms with van der Waals surface area (Å²) >= 11 is 0. The van der Waals surface area contributed by atoms with Gasteiger partial charge >= 0.3 is 0 Å². The highest BCUT2D eigenvalue weighted by molar-refractivity contribution is 5.83. The lowest BCUT2D eigenvalue weighted by molar-refractivity contribution is -0.119. The van der Waals surface area contributed by atoms with E-state index in [-0.39, 0.29) is 11.9 Å². The smallest absolute Gasteiger partial charge is 0.239 e. The summed E-state index contributed by atoms with van der Waals surface area (Å²) in [5, 5.41) is 3.25.